The number of para-hydroxylation sites is 2. The van der Waals surface area contributed by atoms with E-state index in [4.69, 9.17) is 22.7 Å². The number of furan rings is 3. The van der Waals surface area contributed by atoms with Crippen LogP contribution in [0.25, 0.3) is 99.1 Å². The van der Waals surface area contributed by atoms with Crippen LogP contribution < -0.4 is 4.90 Å². The Labute approximate surface area is 288 Å². The molecule has 6 nitrogen and oxygen atoms in total. The number of benzene rings is 8. The van der Waals surface area contributed by atoms with Crippen molar-refractivity contribution in [3.05, 3.63) is 146 Å². The molecule has 6 heteroatoms. The molecule has 0 aliphatic carbocycles. The molecule has 8 aromatic carbocycles. The second kappa shape index (κ2) is 9.77. The number of rotatable bonds is 4. The summed E-state index contributed by atoms with van der Waals surface area (Å²) in [6.45, 7) is 0. The molecule has 12 rings (SSSR count). The largest absolute Gasteiger partial charge is 0.456 e. The number of nitrogens with zero attached hydrogens (tertiary/aromatic N) is 2. The van der Waals surface area contributed by atoms with E-state index in [0.717, 1.165) is 110 Å². The van der Waals surface area contributed by atoms with Crippen LogP contribution in [0.3, 0.4) is 0 Å². The lowest BCUT2D eigenvalue weighted by atomic mass is 9.99. The molecule has 12 aromatic rings. The van der Waals surface area contributed by atoms with Crippen LogP contribution in [0.1, 0.15) is 0 Å². The quantitative estimate of drug-likeness (QED) is 0.176. The van der Waals surface area contributed by atoms with Crippen LogP contribution in [0.15, 0.2) is 163 Å². The summed E-state index contributed by atoms with van der Waals surface area (Å²) >= 11 is 0. The van der Waals surface area contributed by atoms with Gasteiger partial charge in [0, 0.05) is 78.2 Å². The molecule has 0 saturated carbocycles. The predicted octanol–water partition coefficient (Wildman–Crippen LogP) is 13.3. The minimum Gasteiger partial charge on any atom is -0.456 e. The number of fused-ring (bicyclic) bond motifs is 9. The fourth-order valence-electron chi connectivity index (χ4n) is 7.98. The van der Waals surface area contributed by atoms with Crippen LogP contribution in [-0.4, -0.2) is 4.98 Å². The van der Waals surface area contributed by atoms with Crippen molar-refractivity contribution in [1.29, 1.82) is 0 Å². The zero-order chi connectivity index (χ0) is 33.2. The van der Waals surface area contributed by atoms with Crippen LogP contribution in [0, 0.1) is 0 Å². The molecule has 0 fully saturated rings. The van der Waals surface area contributed by atoms with Gasteiger partial charge in [-0.05, 0) is 60.7 Å². The summed E-state index contributed by atoms with van der Waals surface area (Å²) < 4.78 is 26.1. The highest BCUT2D eigenvalue weighted by molar-refractivity contribution is 6.32. The first-order valence-electron chi connectivity index (χ1n) is 16.9. The van der Waals surface area contributed by atoms with Gasteiger partial charge >= 0.3 is 0 Å². The number of hydrogen-bond acceptors (Lipinski definition) is 6. The number of hydrogen-bond donors (Lipinski definition) is 0. The standard InChI is InChI=1S/C45H24N2O4/c1-2-9-25(10-3-1)45-46-43-33-13-8-16-37-41(33)42-34(44(43)51-45)21-28(24-40(42)50-37)47(26-17-19-31-29-11-4-6-14-35(29)48-38(31)22-26)27-18-20-32-30-12-5-7-15-36(30)49-39(32)23-27/h1-24H. The molecule has 4 heterocycles. The van der Waals surface area contributed by atoms with Gasteiger partial charge in [0.1, 0.15) is 39.0 Å². The highest BCUT2D eigenvalue weighted by Crippen LogP contribution is 2.48. The minimum atomic E-state index is 0.584. The smallest absolute Gasteiger partial charge is 0.227 e. The summed E-state index contributed by atoms with van der Waals surface area (Å²) in [4.78, 5) is 7.29. The van der Waals surface area contributed by atoms with E-state index in [1.165, 1.54) is 0 Å². The molecule has 0 unspecified atom stereocenters. The van der Waals surface area contributed by atoms with Crippen LogP contribution in [0.2, 0.25) is 0 Å². The Kier molecular flexibility index (Phi) is 5.14. The van der Waals surface area contributed by atoms with Crippen molar-refractivity contribution in [2.75, 3.05) is 4.90 Å². The van der Waals surface area contributed by atoms with E-state index in [0.29, 0.717) is 5.89 Å². The maximum Gasteiger partial charge on any atom is 0.227 e. The van der Waals surface area contributed by atoms with E-state index in [1.54, 1.807) is 0 Å². The van der Waals surface area contributed by atoms with Crippen molar-refractivity contribution in [3.8, 4) is 11.5 Å². The summed E-state index contributed by atoms with van der Waals surface area (Å²) in [5, 5.41) is 8.32. The van der Waals surface area contributed by atoms with Crippen molar-refractivity contribution >= 4 is 105 Å². The molecular formula is C45H24N2O4. The van der Waals surface area contributed by atoms with Crippen molar-refractivity contribution < 1.29 is 17.7 Å². The SMILES string of the molecule is c1ccc(-c2nc3c4cccc5oc6cc(N(c7ccc8c(c7)oc7ccccc78)c7ccc8c(c7)oc7ccccc78)cc(c3o2)c6c54)cc1. The summed E-state index contributed by atoms with van der Waals surface area (Å²) in [5.41, 5.74) is 10.1. The fourth-order valence-corrected chi connectivity index (χ4v) is 7.98. The molecular weight excluding hydrogens is 633 g/mol. The first-order chi connectivity index (χ1) is 25.2. The van der Waals surface area contributed by atoms with Crippen LogP contribution in [0.5, 0.6) is 0 Å². The second-order valence-corrected chi connectivity index (χ2v) is 13.1. The van der Waals surface area contributed by atoms with E-state index in [-0.39, 0.29) is 0 Å². The van der Waals surface area contributed by atoms with Gasteiger partial charge in [-0.2, -0.15) is 0 Å². The number of anilines is 3. The topological polar surface area (TPSA) is 68.7 Å². The lowest BCUT2D eigenvalue weighted by Crippen LogP contribution is -2.09. The molecule has 51 heavy (non-hydrogen) atoms. The Morgan fingerprint density at radius 2 is 0.922 bits per heavy atom. The lowest BCUT2D eigenvalue weighted by molar-refractivity contribution is 0.623. The first-order valence-corrected chi connectivity index (χ1v) is 16.9. The Bertz CT molecular complexity index is 3210. The zero-order valence-corrected chi connectivity index (χ0v) is 26.9. The van der Waals surface area contributed by atoms with Crippen molar-refractivity contribution in [2.45, 2.75) is 0 Å². The zero-order valence-electron chi connectivity index (χ0n) is 26.9. The van der Waals surface area contributed by atoms with E-state index in [2.05, 4.69) is 71.6 Å². The highest BCUT2D eigenvalue weighted by atomic mass is 16.4. The van der Waals surface area contributed by atoms with Crippen LogP contribution >= 0.6 is 0 Å². The maximum absolute atomic E-state index is 6.67. The fraction of sp³-hybridized carbons (Fsp3) is 0. The summed E-state index contributed by atoms with van der Waals surface area (Å²) in [6, 6.07) is 49.6. The Balaban J connectivity index is 1.16. The van der Waals surface area contributed by atoms with Crippen molar-refractivity contribution in [2.24, 2.45) is 0 Å². The van der Waals surface area contributed by atoms with E-state index < -0.39 is 0 Å². The average molecular weight is 657 g/mol. The van der Waals surface area contributed by atoms with Gasteiger partial charge in [0.05, 0.1) is 5.69 Å². The third-order valence-electron chi connectivity index (χ3n) is 10.2. The van der Waals surface area contributed by atoms with Crippen molar-refractivity contribution in [3.63, 3.8) is 0 Å². The Hall–Kier alpha value is -7.05. The van der Waals surface area contributed by atoms with Crippen LogP contribution in [-0.2, 0) is 0 Å². The third-order valence-corrected chi connectivity index (χ3v) is 10.2. The van der Waals surface area contributed by atoms with Gasteiger partial charge in [-0.1, -0.05) is 66.7 Å². The molecule has 0 aliphatic heterocycles. The van der Waals surface area contributed by atoms with Gasteiger partial charge in [-0.25, -0.2) is 4.98 Å². The van der Waals surface area contributed by atoms with Gasteiger partial charge in [0.15, 0.2) is 5.58 Å². The summed E-state index contributed by atoms with van der Waals surface area (Å²) in [5.74, 6) is 0.584. The van der Waals surface area contributed by atoms with Crippen molar-refractivity contribution in [1.82, 2.24) is 4.98 Å². The molecule has 0 bridgehead atoms. The van der Waals surface area contributed by atoms with Gasteiger partial charge in [-0.15, -0.1) is 0 Å². The van der Waals surface area contributed by atoms with Gasteiger partial charge in [-0.3, -0.25) is 0 Å². The molecule has 238 valence electrons. The van der Waals surface area contributed by atoms with Gasteiger partial charge in [0.25, 0.3) is 0 Å². The minimum absolute atomic E-state index is 0.584. The molecule has 0 aliphatic rings. The number of oxazole rings is 1. The second-order valence-electron chi connectivity index (χ2n) is 13.1. The third kappa shape index (κ3) is 3.73. The first kappa shape index (κ1) is 26.9. The predicted molar refractivity (Wildman–Crippen MR) is 205 cm³/mol. The van der Waals surface area contributed by atoms with E-state index in [1.807, 2.05) is 78.9 Å². The molecule has 0 spiro atoms. The maximum atomic E-state index is 6.67. The summed E-state index contributed by atoms with van der Waals surface area (Å²) in [7, 11) is 0. The molecule has 0 amide bonds. The molecule has 0 atom stereocenters. The lowest BCUT2D eigenvalue weighted by Gasteiger charge is -2.25. The molecule has 0 saturated heterocycles. The number of aromatic nitrogens is 1. The normalized spacial score (nSPS) is 12.3. The van der Waals surface area contributed by atoms with Crippen LogP contribution in [0.4, 0.5) is 17.1 Å². The molecule has 4 aromatic heterocycles. The van der Waals surface area contributed by atoms with E-state index >= 15 is 0 Å². The Morgan fingerprint density at radius 3 is 1.63 bits per heavy atom. The average Bonchev–Trinajstić information content (AvgIpc) is 3.96. The monoisotopic (exact) mass is 656 g/mol. The van der Waals surface area contributed by atoms with Gasteiger partial charge < -0.3 is 22.6 Å². The van der Waals surface area contributed by atoms with Gasteiger partial charge in [0.2, 0.25) is 5.89 Å². The van der Waals surface area contributed by atoms with E-state index in [9.17, 15) is 0 Å². The summed E-state index contributed by atoms with van der Waals surface area (Å²) in [6.07, 6.45) is 0. The molecule has 0 N–H and O–H groups in total. The highest BCUT2D eigenvalue weighted by Gasteiger charge is 2.25. The Morgan fingerprint density at radius 1 is 0.373 bits per heavy atom. The molecule has 0 radical (unpaired) electrons.